The minimum Gasteiger partial charge on any atom is -0.491 e. The van der Waals surface area contributed by atoms with Gasteiger partial charge in [-0.3, -0.25) is 14.0 Å². The van der Waals surface area contributed by atoms with Crippen molar-refractivity contribution in [1.82, 2.24) is 4.98 Å². The molecule has 1 aromatic heterocycles. The predicted molar refractivity (Wildman–Crippen MR) is 192 cm³/mol. The van der Waals surface area contributed by atoms with Crippen LogP contribution in [0, 0.1) is 5.92 Å². The summed E-state index contributed by atoms with van der Waals surface area (Å²) in [5.41, 5.74) is 6.69. The van der Waals surface area contributed by atoms with E-state index in [4.69, 9.17) is 9.47 Å². The van der Waals surface area contributed by atoms with Crippen molar-refractivity contribution < 1.29 is 18.5 Å². The largest absolute Gasteiger partial charge is 0.491 e. The second-order valence-electron chi connectivity index (χ2n) is 12.2. The minimum absolute atomic E-state index is 0.126. The van der Waals surface area contributed by atoms with Crippen LogP contribution in [-0.4, -0.2) is 48.0 Å². The standard InChI is InChI=1S/C39H45N3O4S/c1-4-5-22-45-23-24-46-36-11-6-31(7-12-36)32-8-15-38-34(25-32)26-33(18-21-42(38)27-29(2)3)39(43)41-35-9-13-37(14-10-35)47(44)28-30-16-19-40-20-17-30/h6-17,19-20,25-26,29H,4-5,18,21-24,27-28H2,1-3H3,(H,41,43). The number of unbranched alkanes of at least 4 members (excludes halogenated alkanes) is 1. The molecular weight excluding hydrogens is 607 g/mol. The highest BCUT2D eigenvalue weighted by molar-refractivity contribution is 7.84. The van der Waals surface area contributed by atoms with Crippen molar-refractivity contribution in [1.29, 1.82) is 0 Å². The number of fused-ring (bicyclic) bond motifs is 1. The molecule has 0 saturated heterocycles. The molecule has 0 spiro atoms. The summed E-state index contributed by atoms with van der Waals surface area (Å²) in [4.78, 5) is 20.7. The lowest BCUT2D eigenvalue weighted by atomic mass is 10.00. The van der Waals surface area contributed by atoms with Gasteiger partial charge in [0.15, 0.2) is 0 Å². The van der Waals surface area contributed by atoms with Crippen LogP contribution in [0.5, 0.6) is 5.75 Å². The van der Waals surface area contributed by atoms with E-state index in [0.717, 1.165) is 76.7 Å². The summed E-state index contributed by atoms with van der Waals surface area (Å²) in [5.74, 6) is 1.59. The average Bonchev–Trinajstić information content (AvgIpc) is 3.26. The smallest absolute Gasteiger partial charge is 0.251 e. The number of anilines is 2. The molecule has 8 heteroatoms. The maximum atomic E-state index is 13.6. The third kappa shape index (κ3) is 9.86. The fourth-order valence-corrected chi connectivity index (χ4v) is 6.61. The maximum absolute atomic E-state index is 13.6. The van der Waals surface area contributed by atoms with Crippen LogP contribution in [0.4, 0.5) is 11.4 Å². The molecule has 0 saturated carbocycles. The van der Waals surface area contributed by atoms with Crippen LogP contribution in [-0.2, 0) is 26.1 Å². The number of nitrogens with one attached hydrogen (secondary N) is 1. The Labute approximate surface area is 281 Å². The molecule has 1 N–H and O–H groups in total. The number of hydrogen-bond donors (Lipinski definition) is 1. The van der Waals surface area contributed by atoms with Gasteiger partial charge in [0, 0.05) is 53.9 Å². The van der Waals surface area contributed by atoms with E-state index in [2.05, 4.69) is 66.3 Å². The monoisotopic (exact) mass is 651 g/mol. The van der Waals surface area contributed by atoms with E-state index in [1.165, 1.54) is 0 Å². The van der Waals surface area contributed by atoms with Gasteiger partial charge < -0.3 is 19.7 Å². The van der Waals surface area contributed by atoms with Crippen molar-refractivity contribution in [2.24, 2.45) is 5.92 Å². The first-order valence-corrected chi connectivity index (χ1v) is 17.8. The summed E-state index contributed by atoms with van der Waals surface area (Å²) in [7, 11) is -1.19. The third-order valence-electron chi connectivity index (χ3n) is 7.97. The van der Waals surface area contributed by atoms with Gasteiger partial charge in [-0.2, -0.15) is 0 Å². The van der Waals surface area contributed by atoms with E-state index < -0.39 is 10.8 Å². The molecule has 0 aliphatic carbocycles. The molecule has 1 atom stereocenters. The molecule has 0 radical (unpaired) electrons. The highest BCUT2D eigenvalue weighted by atomic mass is 32.2. The summed E-state index contributed by atoms with van der Waals surface area (Å²) in [6.45, 7) is 10.1. The minimum atomic E-state index is -1.19. The predicted octanol–water partition coefficient (Wildman–Crippen LogP) is 8.14. The zero-order valence-corrected chi connectivity index (χ0v) is 28.4. The van der Waals surface area contributed by atoms with E-state index in [1.54, 1.807) is 12.4 Å². The number of amides is 1. The first-order chi connectivity index (χ1) is 22.9. The molecule has 1 unspecified atom stereocenters. The summed E-state index contributed by atoms with van der Waals surface area (Å²) in [6.07, 6.45) is 8.26. The molecule has 0 fully saturated rings. The van der Waals surface area contributed by atoms with Crippen LogP contribution in [0.15, 0.2) is 102 Å². The van der Waals surface area contributed by atoms with Crippen molar-refractivity contribution in [2.45, 2.75) is 50.7 Å². The number of aromatic nitrogens is 1. The lowest BCUT2D eigenvalue weighted by molar-refractivity contribution is -0.112. The summed E-state index contributed by atoms with van der Waals surface area (Å²) in [5, 5.41) is 3.07. The Balaban J connectivity index is 1.28. The lowest BCUT2D eigenvalue weighted by Gasteiger charge is -2.27. The van der Waals surface area contributed by atoms with E-state index in [-0.39, 0.29) is 5.91 Å². The Morgan fingerprint density at radius 1 is 0.936 bits per heavy atom. The van der Waals surface area contributed by atoms with Crippen molar-refractivity contribution >= 4 is 34.2 Å². The van der Waals surface area contributed by atoms with E-state index in [0.29, 0.717) is 37.0 Å². The fourth-order valence-electron chi connectivity index (χ4n) is 5.51. The van der Waals surface area contributed by atoms with Crippen LogP contribution in [0.1, 0.15) is 51.2 Å². The zero-order valence-electron chi connectivity index (χ0n) is 27.6. The van der Waals surface area contributed by atoms with Crippen molar-refractivity contribution in [3.8, 4) is 16.9 Å². The molecule has 246 valence electrons. The second kappa shape index (κ2) is 17.0. The first kappa shape index (κ1) is 34.1. The van der Waals surface area contributed by atoms with Crippen LogP contribution < -0.4 is 15.0 Å². The topological polar surface area (TPSA) is 80.8 Å². The van der Waals surface area contributed by atoms with Gasteiger partial charge in [0.2, 0.25) is 0 Å². The second-order valence-corrected chi connectivity index (χ2v) is 13.6. The normalized spacial score (nSPS) is 13.4. The highest BCUT2D eigenvalue weighted by Crippen LogP contribution is 2.34. The van der Waals surface area contributed by atoms with Crippen LogP contribution in [0.2, 0.25) is 0 Å². The third-order valence-corrected chi connectivity index (χ3v) is 9.37. The van der Waals surface area contributed by atoms with Crippen molar-refractivity contribution in [3.05, 3.63) is 108 Å². The van der Waals surface area contributed by atoms with Crippen LogP contribution in [0.25, 0.3) is 17.2 Å². The van der Waals surface area contributed by atoms with Gasteiger partial charge in [0.05, 0.1) is 23.2 Å². The zero-order chi connectivity index (χ0) is 33.0. The molecule has 1 aliphatic rings. The summed E-state index contributed by atoms with van der Waals surface area (Å²) < 4.78 is 24.3. The van der Waals surface area contributed by atoms with Gasteiger partial charge in [0.25, 0.3) is 5.91 Å². The number of ether oxygens (including phenoxy) is 2. The van der Waals surface area contributed by atoms with Gasteiger partial charge in [-0.1, -0.05) is 45.4 Å². The fraction of sp³-hybridized carbons (Fsp3) is 0.333. The average molecular weight is 652 g/mol. The molecule has 1 aliphatic heterocycles. The number of carbonyl (C=O) groups is 1. The number of hydrogen-bond acceptors (Lipinski definition) is 6. The van der Waals surface area contributed by atoms with E-state index in [9.17, 15) is 9.00 Å². The van der Waals surface area contributed by atoms with Crippen molar-refractivity contribution in [3.63, 3.8) is 0 Å². The number of carbonyl (C=O) groups excluding carboxylic acids is 1. The maximum Gasteiger partial charge on any atom is 0.251 e. The molecule has 47 heavy (non-hydrogen) atoms. The summed E-state index contributed by atoms with van der Waals surface area (Å²) in [6, 6.07) is 25.6. The molecule has 7 nitrogen and oxygen atoms in total. The Hall–Kier alpha value is -4.27. The number of nitrogens with zero attached hydrogens (tertiary/aromatic N) is 2. The molecule has 0 bridgehead atoms. The van der Waals surface area contributed by atoms with E-state index in [1.807, 2.05) is 54.6 Å². The van der Waals surface area contributed by atoms with Gasteiger partial charge in [0.1, 0.15) is 12.4 Å². The number of rotatable bonds is 15. The van der Waals surface area contributed by atoms with Gasteiger partial charge in [-0.15, -0.1) is 0 Å². The molecule has 2 heterocycles. The van der Waals surface area contributed by atoms with Crippen molar-refractivity contribution in [2.75, 3.05) is 43.1 Å². The highest BCUT2D eigenvalue weighted by Gasteiger charge is 2.21. The number of pyridine rings is 1. The lowest BCUT2D eigenvalue weighted by Crippen LogP contribution is -2.29. The van der Waals surface area contributed by atoms with Gasteiger partial charge in [-0.25, -0.2) is 0 Å². The summed E-state index contributed by atoms with van der Waals surface area (Å²) >= 11 is 0. The van der Waals surface area contributed by atoms with Gasteiger partial charge >= 0.3 is 0 Å². The van der Waals surface area contributed by atoms with Crippen LogP contribution in [0.3, 0.4) is 0 Å². The van der Waals surface area contributed by atoms with E-state index >= 15 is 0 Å². The molecule has 3 aromatic carbocycles. The Morgan fingerprint density at radius 2 is 1.68 bits per heavy atom. The molecule has 1 amide bonds. The van der Waals surface area contributed by atoms with Gasteiger partial charge in [-0.05, 0) is 108 Å². The molecule has 4 aromatic rings. The quantitative estimate of drug-likeness (QED) is 0.131. The first-order valence-electron chi connectivity index (χ1n) is 16.5. The SMILES string of the molecule is CCCCOCCOc1ccc(-c2ccc3c(c2)C=C(C(=O)Nc2ccc(S(=O)Cc4ccncc4)cc2)CCN3CC(C)C)cc1. The Morgan fingerprint density at radius 3 is 2.40 bits per heavy atom. The Kier molecular flexibility index (Phi) is 12.4. The van der Waals surface area contributed by atoms with Crippen LogP contribution >= 0.6 is 0 Å². The Bertz CT molecular complexity index is 1650. The molecular formula is C39H45N3O4S. The number of benzene rings is 3. The molecule has 5 rings (SSSR count).